The van der Waals surface area contributed by atoms with Gasteiger partial charge in [-0.3, -0.25) is 0 Å². The van der Waals surface area contributed by atoms with Gasteiger partial charge >= 0.3 is 0 Å². The Bertz CT molecular complexity index is 423. The lowest BCUT2D eigenvalue weighted by atomic mass is 9.87. The first-order valence-corrected chi connectivity index (χ1v) is 8.28. The Hall–Kier alpha value is -1.02. The molecule has 0 spiro atoms. The fourth-order valence-electron chi connectivity index (χ4n) is 3.30. The van der Waals surface area contributed by atoms with Crippen LogP contribution in [-0.2, 0) is 6.42 Å². The van der Waals surface area contributed by atoms with E-state index in [1.165, 1.54) is 30.5 Å². The van der Waals surface area contributed by atoms with Crippen LogP contribution in [0.3, 0.4) is 0 Å². The zero-order chi connectivity index (χ0) is 14.6. The molecule has 0 saturated carbocycles. The molecule has 1 N–H and O–H groups in total. The van der Waals surface area contributed by atoms with Crippen molar-refractivity contribution in [3.63, 3.8) is 0 Å². The highest BCUT2D eigenvalue weighted by molar-refractivity contribution is 5.51. The van der Waals surface area contributed by atoms with E-state index in [0.717, 1.165) is 19.5 Å². The molecular weight excluding hydrogens is 244 g/mol. The van der Waals surface area contributed by atoms with Gasteiger partial charge in [0.25, 0.3) is 0 Å². The summed E-state index contributed by atoms with van der Waals surface area (Å²) < 4.78 is 0. The number of rotatable bonds is 5. The maximum absolute atomic E-state index is 3.82. The Labute approximate surface area is 124 Å². The Morgan fingerprint density at radius 1 is 1.20 bits per heavy atom. The number of piperazine rings is 1. The smallest absolute Gasteiger partial charge is 0.0412 e. The largest absolute Gasteiger partial charge is 0.365 e. The summed E-state index contributed by atoms with van der Waals surface area (Å²) in [6.45, 7) is 11.4. The molecular formula is C18H30N2. The van der Waals surface area contributed by atoms with Crippen LogP contribution in [0.5, 0.6) is 0 Å². The number of nitrogens with zero attached hydrogens (tertiary/aromatic N) is 1. The molecule has 20 heavy (non-hydrogen) atoms. The first kappa shape index (κ1) is 15.4. The zero-order valence-corrected chi connectivity index (χ0v) is 13.6. The van der Waals surface area contributed by atoms with Crippen molar-refractivity contribution < 1.29 is 0 Å². The highest BCUT2D eigenvalue weighted by Gasteiger charge is 2.36. The molecule has 1 heterocycles. The molecule has 0 bridgehead atoms. The molecule has 0 aliphatic carbocycles. The third-order valence-electron chi connectivity index (χ3n) is 5.10. The van der Waals surface area contributed by atoms with E-state index in [0.29, 0.717) is 6.04 Å². The molecule has 1 saturated heterocycles. The summed E-state index contributed by atoms with van der Waals surface area (Å²) in [5.74, 6) is 0. The molecule has 112 valence electrons. The number of benzene rings is 1. The lowest BCUT2D eigenvalue weighted by Crippen LogP contribution is -2.64. The van der Waals surface area contributed by atoms with Crippen molar-refractivity contribution in [2.45, 2.75) is 65.0 Å². The summed E-state index contributed by atoms with van der Waals surface area (Å²) in [4.78, 5) is 2.64. The van der Waals surface area contributed by atoms with Gasteiger partial charge in [-0.25, -0.2) is 0 Å². The SMILES string of the molecule is CCc1cccc(N2CC(CC)(CC)NCC2CC)c1. The molecule has 0 radical (unpaired) electrons. The summed E-state index contributed by atoms with van der Waals surface area (Å²) >= 11 is 0. The summed E-state index contributed by atoms with van der Waals surface area (Å²) in [6, 6.07) is 9.73. The van der Waals surface area contributed by atoms with Gasteiger partial charge in [0.15, 0.2) is 0 Å². The zero-order valence-electron chi connectivity index (χ0n) is 13.6. The standard InChI is InChI=1S/C18H30N2/c1-5-15-10-9-11-17(12-15)20-14-18(7-3,8-4)19-13-16(20)6-2/h9-12,16,19H,5-8,13-14H2,1-4H3. The van der Waals surface area contributed by atoms with Crippen LogP contribution in [0.4, 0.5) is 5.69 Å². The lowest BCUT2D eigenvalue weighted by Gasteiger charge is -2.48. The summed E-state index contributed by atoms with van der Waals surface area (Å²) in [7, 11) is 0. The van der Waals surface area contributed by atoms with E-state index in [2.05, 4.69) is 62.2 Å². The van der Waals surface area contributed by atoms with Crippen LogP contribution in [0, 0.1) is 0 Å². The number of hydrogen-bond acceptors (Lipinski definition) is 2. The van der Waals surface area contributed by atoms with Crippen LogP contribution in [0.15, 0.2) is 24.3 Å². The maximum Gasteiger partial charge on any atom is 0.0412 e. The second kappa shape index (κ2) is 6.62. The van der Waals surface area contributed by atoms with Crippen LogP contribution in [0.25, 0.3) is 0 Å². The third-order valence-corrected chi connectivity index (χ3v) is 5.10. The molecule has 0 amide bonds. The summed E-state index contributed by atoms with van der Waals surface area (Å²) in [6.07, 6.45) is 4.71. The first-order valence-electron chi connectivity index (χ1n) is 8.28. The minimum atomic E-state index is 0.286. The minimum absolute atomic E-state index is 0.286. The van der Waals surface area contributed by atoms with E-state index in [9.17, 15) is 0 Å². The van der Waals surface area contributed by atoms with Gasteiger partial charge in [-0.1, -0.05) is 39.8 Å². The van der Waals surface area contributed by atoms with Gasteiger partial charge in [0.2, 0.25) is 0 Å². The van der Waals surface area contributed by atoms with Crippen LogP contribution in [0.2, 0.25) is 0 Å². The quantitative estimate of drug-likeness (QED) is 0.873. The molecule has 1 unspecified atom stereocenters. The van der Waals surface area contributed by atoms with Gasteiger partial charge in [0.05, 0.1) is 0 Å². The van der Waals surface area contributed by atoms with Crippen LogP contribution >= 0.6 is 0 Å². The number of aryl methyl sites for hydroxylation is 1. The Balaban J connectivity index is 2.28. The van der Waals surface area contributed by atoms with E-state index >= 15 is 0 Å². The Kier molecular flexibility index (Phi) is 5.09. The van der Waals surface area contributed by atoms with Crippen LogP contribution < -0.4 is 10.2 Å². The molecule has 1 fully saturated rings. The number of hydrogen-bond donors (Lipinski definition) is 1. The summed E-state index contributed by atoms with van der Waals surface area (Å²) in [5, 5.41) is 3.82. The van der Waals surface area contributed by atoms with Gasteiger partial charge in [-0.15, -0.1) is 0 Å². The molecule has 2 nitrogen and oxygen atoms in total. The van der Waals surface area contributed by atoms with E-state index in [1.54, 1.807) is 0 Å². The Morgan fingerprint density at radius 3 is 2.55 bits per heavy atom. The van der Waals surface area contributed by atoms with Crippen molar-refractivity contribution in [1.82, 2.24) is 5.32 Å². The molecule has 1 atom stereocenters. The van der Waals surface area contributed by atoms with E-state index in [4.69, 9.17) is 0 Å². The van der Waals surface area contributed by atoms with Crippen molar-refractivity contribution >= 4 is 5.69 Å². The average molecular weight is 274 g/mol. The second-order valence-corrected chi connectivity index (χ2v) is 6.08. The van der Waals surface area contributed by atoms with Gasteiger partial charge in [-0.2, -0.15) is 0 Å². The van der Waals surface area contributed by atoms with Crippen LogP contribution in [-0.4, -0.2) is 24.7 Å². The lowest BCUT2D eigenvalue weighted by molar-refractivity contribution is 0.246. The molecule has 2 rings (SSSR count). The topological polar surface area (TPSA) is 15.3 Å². The van der Waals surface area contributed by atoms with E-state index in [-0.39, 0.29) is 5.54 Å². The monoisotopic (exact) mass is 274 g/mol. The Morgan fingerprint density at radius 2 is 1.95 bits per heavy atom. The van der Waals surface area contributed by atoms with Gasteiger partial charge in [-0.05, 0) is 43.4 Å². The van der Waals surface area contributed by atoms with E-state index < -0.39 is 0 Å². The van der Waals surface area contributed by atoms with Gasteiger partial charge in [0, 0.05) is 30.4 Å². The van der Waals surface area contributed by atoms with Crippen molar-refractivity contribution in [3.05, 3.63) is 29.8 Å². The normalized spacial score (nSPS) is 22.0. The number of nitrogens with one attached hydrogen (secondary N) is 1. The van der Waals surface area contributed by atoms with Gasteiger partial charge < -0.3 is 10.2 Å². The fraction of sp³-hybridized carbons (Fsp3) is 0.667. The molecule has 1 aliphatic rings. The van der Waals surface area contributed by atoms with E-state index in [1.807, 2.05) is 0 Å². The molecule has 0 aromatic heterocycles. The van der Waals surface area contributed by atoms with Crippen molar-refractivity contribution in [2.75, 3.05) is 18.0 Å². The highest BCUT2D eigenvalue weighted by atomic mass is 15.3. The molecule has 1 aromatic rings. The predicted octanol–water partition coefficient (Wildman–Crippen LogP) is 4.00. The highest BCUT2D eigenvalue weighted by Crippen LogP contribution is 2.29. The third kappa shape index (κ3) is 3.01. The van der Waals surface area contributed by atoms with Crippen molar-refractivity contribution in [1.29, 1.82) is 0 Å². The predicted molar refractivity (Wildman–Crippen MR) is 88.6 cm³/mol. The van der Waals surface area contributed by atoms with Crippen LogP contribution in [0.1, 0.15) is 52.5 Å². The average Bonchev–Trinajstić information content (AvgIpc) is 2.54. The molecule has 1 aliphatic heterocycles. The molecule has 2 heteroatoms. The fourth-order valence-corrected chi connectivity index (χ4v) is 3.30. The second-order valence-electron chi connectivity index (χ2n) is 6.08. The maximum atomic E-state index is 3.82. The minimum Gasteiger partial charge on any atom is -0.365 e. The van der Waals surface area contributed by atoms with Crippen molar-refractivity contribution in [3.8, 4) is 0 Å². The summed E-state index contributed by atoms with van der Waals surface area (Å²) in [5.41, 5.74) is 3.13. The number of anilines is 1. The molecule has 1 aromatic carbocycles. The van der Waals surface area contributed by atoms with Crippen molar-refractivity contribution in [2.24, 2.45) is 0 Å². The van der Waals surface area contributed by atoms with Gasteiger partial charge in [0.1, 0.15) is 0 Å². The first-order chi connectivity index (χ1) is 9.68.